The fourth-order valence-corrected chi connectivity index (χ4v) is 3.63. The molecule has 2 aromatic heterocycles. The third-order valence-electron chi connectivity index (χ3n) is 4.97. The SMILES string of the molecule is CC(Cc1ccc2c(c1)OCO2)c1nccn1-c1cccc2c1nnn2C. The number of aryl methyl sites for hydroxylation is 1. The molecule has 1 unspecified atom stereocenters. The van der Waals surface area contributed by atoms with Crippen LogP contribution in [0.5, 0.6) is 11.5 Å². The molecule has 4 aromatic rings. The first-order chi connectivity index (χ1) is 13.2. The molecule has 1 aliphatic rings. The average molecular weight is 361 g/mol. The summed E-state index contributed by atoms with van der Waals surface area (Å²) in [4.78, 5) is 4.63. The summed E-state index contributed by atoms with van der Waals surface area (Å²) in [6, 6.07) is 12.2. The van der Waals surface area contributed by atoms with Crippen molar-refractivity contribution >= 4 is 11.0 Å². The summed E-state index contributed by atoms with van der Waals surface area (Å²) in [5.41, 5.74) is 4.05. The predicted octanol–water partition coefficient (Wildman–Crippen LogP) is 3.23. The largest absolute Gasteiger partial charge is 0.454 e. The second-order valence-electron chi connectivity index (χ2n) is 6.81. The molecule has 0 bridgehead atoms. The van der Waals surface area contributed by atoms with Gasteiger partial charge >= 0.3 is 0 Å². The van der Waals surface area contributed by atoms with E-state index in [1.54, 1.807) is 4.68 Å². The quantitative estimate of drug-likeness (QED) is 0.558. The third kappa shape index (κ3) is 2.63. The molecule has 3 heterocycles. The van der Waals surface area contributed by atoms with Crippen LogP contribution in [0.1, 0.15) is 24.2 Å². The molecule has 7 nitrogen and oxygen atoms in total. The Morgan fingerprint density at radius 1 is 1.15 bits per heavy atom. The molecule has 136 valence electrons. The molecule has 0 fully saturated rings. The first kappa shape index (κ1) is 15.9. The second-order valence-corrected chi connectivity index (χ2v) is 6.81. The predicted molar refractivity (Wildman–Crippen MR) is 100 cm³/mol. The van der Waals surface area contributed by atoms with Gasteiger partial charge in [-0.3, -0.25) is 0 Å². The molecule has 1 atom stereocenters. The minimum Gasteiger partial charge on any atom is -0.454 e. The van der Waals surface area contributed by atoms with Crippen molar-refractivity contribution in [3.63, 3.8) is 0 Å². The van der Waals surface area contributed by atoms with Gasteiger partial charge in [0.1, 0.15) is 11.3 Å². The Morgan fingerprint density at radius 3 is 2.96 bits per heavy atom. The zero-order valence-electron chi connectivity index (χ0n) is 15.2. The van der Waals surface area contributed by atoms with E-state index >= 15 is 0 Å². The summed E-state index contributed by atoms with van der Waals surface area (Å²) in [7, 11) is 1.90. The van der Waals surface area contributed by atoms with Crippen molar-refractivity contribution in [2.75, 3.05) is 6.79 Å². The highest BCUT2D eigenvalue weighted by molar-refractivity contribution is 5.83. The average Bonchev–Trinajstić information content (AvgIpc) is 3.40. The zero-order valence-corrected chi connectivity index (χ0v) is 15.2. The van der Waals surface area contributed by atoms with Gasteiger partial charge in [-0.25, -0.2) is 9.67 Å². The molecule has 0 saturated heterocycles. The molecule has 0 N–H and O–H groups in total. The minimum atomic E-state index is 0.215. The van der Waals surface area contributed by atoms with Crippen LogP contribution in [0.3, 0.4) is 0 Å². The Labute approximate surface area is 156 Å². The Bertz CT molecular complexity index is 1130. The van der Waals surface area contributed by atoms with E-state index in [2.05, 4.69) is 45.0 Å². The number of benzene rings is 2. The highest BCUT2D eigenvalue weighted by atomic mass is 16.7. The molecule has 5 rings (SSSR count). The highest BCUT2D eigenvalue weighted by Gasteiger charge is 2.19. The van der Waals surface area contributed by atoms with Crippen LogP contribution < -0.4 is 9.47 Å². The van der Waals surface area contributed by atoms with Gasteiger partial charge in [0.25, 0.3) is 0 Å². The summed E-state index contributed by atoms with van der Waals surface area (Å²) >= 11 is 0. The summed E-state index contributed by atoms with van der Waals surface area (Å²) in [5, 5.41) is 8.48. The van der Waals surface area contributed by atoms with E-state index in [0.29, 0.717) is 6.79 Å². The minimum absolute atomic E-state index is 0.215. The maximum absolute atomic E-state index is 5.49. The van der Waals surface area contributed by atoms with Crippen molar-refractivity contribution in [1.82, 2.24) is 24.5 Å². The molecule has 0 saturated carbocycles. The van der Waals surface area contributed by atoms with E-state index in [9.17, 15) is 0 Å². The first-order valence-electron chi connectivity index (χ1n) is 8.91. The summed E-state index contributed by atoms with van der Waals surface area (Å²) in [6.45, 7) is 2.47. The Morgan fingerprint density at radius 2 is 2.04 bits per heavy atom. The van der Waals surface area contributed by atoms with E-state index in [4.69, 9.17) is 9.47 Å². The third-order valence-corrected chi connectivity index (χ3v) is 4.97. The molecule has 27 heavy (non-hydrogen) atoms. The van der Waals surface area contributed by atoms with Gasteiger partial charge < -0.3 is 14.0 Å². The Kier molecular flexibility index (Phi) is 3.60. The number of rotatable bonds is 4. The van der Waals surface area contributed by atoms with Gasteiger partial charge in [0.05, 0.1) is 11.2 Å². The van der Waals surface area contributed by atoms with Crippen LogP contribution in [0.25, 0.3) is 16.7 Å². The van der Waals surface area contributed by atoms with E-state index in [1.165, 1.54) is 5.56 Å². The molecular formula is C20H19N5O2. The second kappa shape index (κ2) is 6.12. The van der Waals surface area contributed by atoms with Gasteiger partial charge in [-0.05, 0) is 36.2 Å². The zero-order chi connectivity index (χ0) is 18.4. The molecule has 0 radical (unpaired) electrons. The topological polar surface area (TPSA) is 67.0 Å². The number of ether oxygens (including phenoxy) is 2. The van der Waals surface area contributed by atoms with Crippen molar-refractivity contribution < 1.29 is 9.47 Å². The molecule has 0 aliphatic carbocycles. The van der Waals surface area contributed by atoms with Crippen molar-refractivity contribution in [2.24, 2.45) is 7.05 Å². The van der Waals surface area contributed by atoms with Crippen molar-refractivity contribution in [1.29, 1.82) is 0 Å². The maximum atomic E-state index is 5.49. The van der Waals surface area contributed by atoms with Gasteiger partial charge in [-0.15, -0.1) is 5.10 Å². The van der Waals surface area contributed by atoms with Gasteiger partial charge in [0.15, 0.2) is 11.5 Å². The van der Waals surface area contributed by atoms with Gasteiger partial charge in [0, 0.05) is 25.4 Å². The van der Waals surface area contributed by atoms with Crippen LogP contribution in [0.2, 0.25) is 0 Å². The van der Waals surface area contributed by atoms with Crippen LogP contribution in [-0.2, 0) is 13.5 Å². The standard InChI is InChI=1S/C20H19N5O2/c1-13(10-14-6-7-17-18(11-14)27-12-26-17)20-21-8-9-25(20)16-5-3-4-15-19(16)22-23-24(15)2/h3-9,11,13H,10,12H2,1-2H3. The lowest BCUT2D eigenvalue weighted by atomic mass is 10.00. The van der Waals surface area contributed by atoms with E-state index in [-0.39, 0.29) is 5.92 Å². The van der Waals surface area contributed by atoms with E-state index in [1.807, 2.05) is 37.6 Å². The van der Waals surface area contributed by atoms with Crippen LogP contribution in [0, 0.1) is 0 Å². The molecular weight excluding hydrogens is 342 g/mol. The first-order valence-corrected chi connectivity index (χ1v) is 8.91. The lowest BCUT2D eigenvalue weighted by Crippen LogP contribution is -2.08. The maximum Gasteiger partial charge on any atom is 0.231 e. The summed E-state index contributed by atoms with van der Waals surface area (Å²) in [6.07, 6.45) is 4.67. The number of imidazole rings is 1. The number of hydrogen-bond acceptors (Lipinski definition) is 5. The monoisotopic (exact) mass is 361 g/mol. The number of nitrogens with zero attached hydrogens (tertiary/aromatic N) is 5. The lowest BCUT2D eigenvalue weighted by Gasteiger charge is -2.15. The summed E-state index contributed by atoms with van der Waals surface area (Å²) in [5.74, 6) is 2.83. The molecule has 7 heteroatoms. The molecule has 0 spiro atoms. The smallest absolute Gasteiger partial charge is 0.231 e. The fraction of sp³-hybridized carbons (Fsp3) is 0.250. The highest BCUT2D eigenvalue weighted by Crippen LogP contribution is 2.34. The van der Waals surface area contributed by atoms with Crippen molar-refractivity contribution in [3.05, 3.63) is 60.2 Å². The lowest BCUT2D eigenvalue weighted by molar-refractivity contribution is 0.174. The Balaban J connectivity index is 1.49. The summed E-state index contributed by atoms with van der Waals surface area (Å²) < 4.78 is 14.8. The van der Waals surface area contributed by atoms with Gasteiger partial charge in [-0.1, -0.05) is 24.3 Å². The van der Waals surface area contributed by atoms with Crippen LogP contribution in [-0.4, -0.2) is 31.3 Å². The fourth-order valence-electron chi connectivity index (χ4n) is 3.63. The molecule has 0 amide bonds. The van der Waals surface area contributed by atoms with Crippen LogP contribution in [0.4, 0.5) is 0 Å². The number of aromatic nitrogens is 5. The van der Waals surface area contributed by atoms with Crippen molar-refractivity contribution in [2.45, 2.75) is 19.3 Å². The number of hydrogen-bond donors (Lipinski definition) is 0. The van der Waals surface area contributed by atoms with Crippen LogP contribution >= 0.6 is 0 Å². The Hall–Kier alpha value is -3.35. The van der Waals surface area contributed by atoms with Gasteiger partial charge in [-0.2, -0.15) is 0 Å². The normalized spacial score (nSPS) is 14.0. The van der Waals surface area contributed by atoms with Crippen LogP contribution in [0.15, 0.2) is 48.8 Å². The molecule has 2 aromatic carbocycles. The molecule has 1 aliphatic heterocycles. The van der Waals surface area contributed by atoms with Gasteiger partial charge in [0.2, 0.25) is 6.79 Å². The number of fused-ring (bicyclic) bond motifs is 2. The van der Waals surface area contributed by atoms with E-state index in [0.717, 1.165) is 40.5 Å². The van der Waals surface area contributed by atoms with E-state index < -0.39 is 0 Å². The van der Waals surface area contributed by atoms with Crippen molar-refractivity contribution in [3.8, 4) is 17.2 Å².